The highest BCUT2D eigenvalue weighted by Gasteiger charge is 2.30. The molecular formula is C12H21N3O2. The summed E-state index contributed by atoms with van der Waals surface area (Å²) in [5.74, 6) is -0.430. The van der Waals surface area contributed by atoms with Crippen LogP contribution in [0.5, 0.6) is 0 Å². The maximum Gasteiger partial charge on any atom is 0.318 e. The Bertz CT molecular complexity index is 296. The fraction of sp³-hybridized carbons (Fsp3) is 0.833. The van der Waals surface area contributed by atoms with Crippen LogP contribution < -0.4 is 11.1 Å². The molecule has 2 fully saturated rings. The van der Waals surface area contributed by atoms with E-state index in [4.69, 9.17) is 5.73 Å². The van der Waals surface area contributed by atoms with Gasteiger partial charge in [-0.3, -0.25) is 4.79 Å². The number of nitrogens with two attached hydrogens (primary N) is 1. The van der Waals surface area contributed by atoms with Gasteiger partial charge in [0.05, 0.1) is 0 Å². The normalized spacial score (nSPS) is 20.9. The highest BCUT2D eigenvalue weighted by Crippen LogP contribution is 2.24. The number of urea groups is 1. The van der Waals surface area contributed by atoms with Crippen LogP contribution in [0.2, 0.25) is 0 Å². The average molecular weight is 239 g/mol. The SMILES string of the molecule is NC(=O)CN(C(=O)NC1CCC1)C1CCCC1. The zero-order chi connectivity index (χ0) is 12.3. The Morgan fingerprint density at radius 1 is 1.12 bits per heavy atom. The molecule has 96 valence electrons. The molecule has 3 N–H and O–H groups in total. The molecule has 3 amide bonds. The summed E-state index contributed by atoms with van der Waals surface area (Å²) in [7, 11) is 0. The largest absolute Gasteiger partial charge is 0.368 e. The smallest absolute Gasteiger partial charge is 0.318 e. The molecule has 0 aromatic heterocycles. The van der Waals surface area contributed by atoms with E-state index in [9.17, 15) is 9.59 Å². The van der Waals surface area contributed by atoms with Crippen LogP contribution in [0, 0.1) is 0 Å². The van der Waals surface area contributed by atoms with Crippen LogP contribution in [-0.2, 0) is 4.79 Å². The van der Waals surface area contributed by atoms with Gasteiger partial charge in [0.15, 0.2) is 0 Å². The number of amides is 3. The van der Waals surface area contributed by atoms with Gasteiger partial charge < -0.3 is 16.0 Å². The molecule has 0 radical (unpaired) electrons. The average Bonchev–Trinajstić information content (AvgIpc) is 2.72. The van der Waals surface area contributed by atoms with E-state index in [1.54, 1.807) is 4.90 Å². The van der Waals surface area contributed by atoms with Crippen molar-refractivity contribution in [3.8, 4) is 0 Å². The van der Waals surface area contributed by atoms with E-state index in [0.717, 1.165) is 38.5 Å². The number of hydrogen-bond acceptors (Lipinski definition) is 2. The number of rotatable bonds is 4. The predicted octanol–water partition coefficient (Wildman–Crippen LogP) is 0.978. The summed E-state index contributed by atoms with van der Waals surface area (Å²) < 4.78 is 0. The maximum atomic E-state index is 12.1. The van der Waals surface area contributed by atoms with Gasteiger partial charge in [0, 0.05) is 12.1 Å². The van der Waals surface area contributed by atoms with Crippen LogP contribution in [0.25, 0.3) is 0 Å². The lowest BCUT2D eigenvalue weighted by Crippen LogP contribution is -2.52. The molecule has 0 unspecified atom stereocenters. The lowest BCUT2D eigenvalue weighted by atomic mass is 9.93. The third-order valence-electron chi connectivity index (χ3n) is 3.79. The van der Waals surface area contributed by atoms with Crippen molar-refractivity contribution in [2.45, 2.75) is 57.0 Å². The fourth-order valence-corrected chi connectivity index (χ4v) is 2.56. The fourth-order valence-electron chi connectivity index (χ4n) is 2.56. The minimum atomic E-state index is -0.430. The number of carbonyl (C=O) groups is 2. The topological polar surface area (TPSA) is 75.4 Å². The Labute approximate surface area is 102 Å². The zero-order valence-electron chi connectivity index (χ0n) is 10.2. The highest BCUT2D eigenvalue weighted by atomic mass is 16.2. The molecule has 5 heteroatoms. The van der Waals surface area contributed by atoms with Gasteiger partial charge in [0.2, 0.25) is 5.91 Å². The van der Waals surface area contributed by atoms with E-state index in [-0.39, 0.29) is 18.6 Å². The molecule has 0 atom stereocenters. The first-order valence-electron chi connectivity index (χ1n) is 6.52. The number of nitrogens with one attached hydrogen (secondary N) is 1. The van der Waals surface area contributed by atoms with Gasteiger partial charge in [-0.05, 0) is 32.1 Å². The Balaban J connectivity index is 1.92. The second-order valence-corrected chi connectivity index (χ2v) is 5.11. The number of hydrogen-bond donors (Lipinski definition) is 2. The van der Waals surface area contributed by atoms with Crippen molar-refractivity contribution >= 4 is 11.9 Å². The van der Waals surface area contributed by atoms with Gasteiger partial charge in [-0.2, -0.15) is 0 Å². The van der Waals surface area contributed by atoms with Gasteiger partial charge >= 0.3 is 6.03 Å². The van der Waals surface area contributed by atoms with E-state index >= 15 is 0 Å². The molecule has 2 aliphatic rings. The maximum absolute atomic E-state index is 12.1. The lowest BCUT2D eigenvalue weighted by molar-refractivity contribution is -0.119. The van der Waals surface area contributed by atoms with E-state index in [1.165, 1.54) is 6.42 Å². The van der Waals surface area contributed by atoms with Crippen LogP contribution in [0.3, 0.4) is 0 Å². The summed E-state index contributed by atoms with van der Waals surface area (Å²) in [5, 5.41) is 2.98. The van der Waals surface area contributed by atoms with Gasteiger partial charge in [-0.15, -0.1) is 0 Å². The molecule has 5 nitrogen and oxygen atoms in total. The standard InChI is InChI=1S/C12H21N3O2/c13-11(16)8-15(10-6-1-2-7-10)12(17)14-9-4-3-5-9/h9-10H,1-8H2,(H2,13,16)(H,14,17). The quantitative estimate of drug-likeness (QED) is 0.767. The van der Waals surface area contributed by atoms with E-state index in [2.05, 4.69) is 5.32 Å². The first-order chi connectivity index (χ1) is 8.16. The van der Waals surface area contributed by atoms with E-state index in [0.29, 0.717) is 6.04 Å². The number of carbonyl (C=O) groups excluding carboxylic acids is 2. The van der Waals surface area contributed by atoms with Crippen LogP contribution in [0.1, 0.15) is 44.9 Å². The lowest BCUT2D eigenvalue weighted by Gasteiger charge is -2.33. The number of nitrogens with zero attached hydrogens (tertiary/aromatic N) is 1. The zero-order valence-corrected chi connectivity index (χ0v) is 10.2. The van der Waals surface area contributed by atoms with Crippen LogP contribution in [0.4, 0.5) is 4.79 Å². The molecule has 2 aliphatic carbocycles. The Kier molecular flexibility index (Phi) is 3.86. The van der Waals surface area contributed by atoms with Gasteiger partial charge in [0.1, 0.15) is 6.54 Å². The summed E-state index contributed by atoms with van der Waals surface area (Å²) in [4.78, 5) is 24.7. The molecule has 0 aliphatic heterocycles. The summed E-state index contributed by atoms with van der Waals surface area (Å²) in [6, 6.07) is 0.391. The predicted molar refractivity (Wildman–Crippen MR) is 64.3 cm³/mol. The van der Waals surface area contributed by atoms with E-state index in [1.807, 2.05) is 0 Å². The molecule has 0 heterocycles. The third kappa shape index (κ3) is 3.11. The van der Waals surface area contributed by atoms with Crippen LogP contribution in [0.15, 0.2) is 0 Å². The molecular weight excluding hydrogens is 218 g/mol. The summed E-state index contributed by atoms with van der Waals surface area (Å²) in [6.07, 6.45) is 7.55. The van der Waals surface area contributed by atoms with Crippen molar-refractivity contribution in [2.75, 3.05) is 6.54 Å². The van der Waals surface area contributed by atoms with Gasteiger partial charge in [0.25, 0.3) is 0 Å². The monoisotopic (exact) mass is 239 g/mol. The first-order valence-corrected chi connectivity index (χ1v) is 6.52. The second-order valence-electron chi connectivity index (χ2n) is 5.11. The summed E-state index contributed by atoms with van der Waals surface area (Å²) >= 11 is 0. The molecule has 0 saturated heterocycles. The molecule has 0 bridgehead atoms. The number of primary amides is 1. The van der Waals surface area contributed by atoms with Crippen LogP contribution in [-0.4, -0.2) is 35.5 Å². The Morgan fingerprint density at radius 2 is 1.76 bits per heavy atom. The molecule has 17 heavy (non-hydrogen) atoms. The van der Waals surface area contributed by atoms with Crippen molar-refractivity contribution in [3.05, 3.63) is 0 Å². The third-order valence-corrected chi connectivity index (χ3v) is 3.79. The second kappa shape index (κ2) is 5.38. The van der Waals surface area contributed by atoms with Crippen molar-refractivity contribution < 1.29 is 9.59 Å². The molecule has 0 aromatic rings. The van der Waals surface area contributed by atoms with Gasteiger partial charge in [-0.1, -0.05) is 12.8 Å². The highest BCUT2D eigenvalue weighted by molar-refractivity contribution is 5.83. The van der Waals surface area contributed by atoms with Crippen molar-refractivity contribution in [2.24, 2.45) is 5.73 Å². The van der Waals surface area contributed by atoms with Crippen molar-refractivity contribution in [3.63, 3.8) is 0 Å². The van der Waals surface area contributed by atoms with Crippen molar-refractivity contribution in [1.82, 2.24) is 10.2 Å². The summed E-state index contributed by atoms with van der Waals surface area (Å²) in [6.45, 7) is 0.0449. The summed E-state index contributed by atoms with van der Waals surface area (Å²) in [5.41, 5.74) is 5.22. The minimum Gasteiger partial charge on any atom is -0.368 e. The molecule has 0 spiro atoms. The first kappa shape index (κ1) is 12.2. The van der Waals surface area contributed by atoms with E-state index < -0.39 is 5.91 Å². The Morgan fingerprint density at radius 3 is 2.24 bits per heavy atom. The Hall–Kier alpha value is -1.26. The minimum absolute atomic E-state index is 0.0449. The molecule has 0 aromatic carbocycles. The molecule has 2 rings (SSSR count). The van der Waals surface area contributed by atoms with Crippen LogP contribution >= 0.6 is 0 Å². The molecule has 2 saturated carbocycles. The van der Waals surface area contributed by atoms with Gasteiger partial charge in [-0.25, -0.2) is 4.79 Å². The van der Waals surface area contributed by atoms with Crippen molar-refractivity contribution in [1.29, 1.82) is 0 Å².